The highest BCUT2D eigenvalue weighted by Gasteiger charge is 1.96. The van der Waals surface area contributed by atoms with Gasteiger partial charge in [-0.2, -0.15) is 0 Å². The van der Waals surface area contributed by atoms with Crippen molar-refractivity contribution in [3.8, 4) is 5.75 Å². The number of nitrogens with two attached hydrogens (primary N) is 1. The number of hydrogen-bond donors (Lipinski definition) is 1. The summed E-state index contributed by atoms with van der Waals surface area (Å²) < 4.78 is 6.72. The van der Waals surface area contributed by atoms with Crippen LogP contribution in [0.15, 0.2) is 53.0 Å². The summed E-state index contributed by atoms with van der Waals surface area (Å²) in [5.41, 5.74) is 7.75. The van der Waals surface area contributed by atoms with Gasteiger partial charge in [0.1, 0.15) is 5.75 Å². The molecule has 2 aromatic carbocycles. The highest BCUT2D eigenvalue weighted by molar-refractivity contribution is 9.10. The Morgan fingerprint density at radius 2 is 1.83 bits per heavy atom. The zero-order valence-corrected chi connectivity index (χ0v) is 11.7. The lowest BCUT2D eigenvalue weighted by Crippen LogP contribution is -1.99. The van der Waals surface area contributed by atoms with Gasteiger partial charge in [-0.05, 0) is 48.7 Å². The first-order valence-corrected chi connectivity index (χ1v) is 6.76. The Labute approximate surface area is 116 Å². The summed E-state index contributed by atoms with van der Waals surface area (Å²) in [4.78, 5) is 0. The molecule has 3 heteroatoms. The largest absolute Gasteiger partial charge is 0.494 e. The highest BCUT2D eigenvalue weighted by Crippen LogP contribution is 2.18. The van der Waals surface area contributed by atoms with Crippen LogP contribution < -0.4 is 10.5 Å². The molecule has 0 spiro atoms. The van der Waals surface area contributed by atoms with E-state index in [1.807, 2.05) is 36.4 Å². The molecule has 0 aliphatic carbocycles. The maximum Gasteiger partial charge on any atom is 0.120 e. The van der Waals surface area contributed by atoms with Crippen LogP contribution in [0.5, 0.6) is 5.75 Å². The fourth-order valence-electron chi connectivity index (χ4n) is 1.71. The molecule has 0 aliphatic heterocycles. The van der Waals surface area contributed by atoms with Gasteiger partial charge in [0.25, 0.3) is 0 Å². The van der Waals surface area contributed by atoms with Gasteiger partial charge in [-0.25, -0.2) is 0 Å². The van der Waals surface area contributed by atoms with Crippen LogP contribution in [-0.4, -0.2) is 6.61 Å². The van der Waals surface area contributed by atoms with Crippen LogP contribution in [0.4, 0.5) is 5.69 Å². The molecule has 0 saturated carbocycles. The molecular weight excluding hydrogens is 290 g/mol. The van der Waals surface area contributed by atoms with E-state index in [-0.39, 0.29) is 0 Å². The quantitative estimate of drug-likeness (QED) is 0.668. The van der Waals surface area contributed by atoms with Crippen molar-refractivity contribution < 1.29 is 4.74 Å². The average Bonchev–Trinajstić information content (AvgIpc) is 2.37. The molecule has 0 aromatic heterocycles. The third kappa shape index (κ3) is 4.08. The molecule has 0 aliphatic rings. The number of aryl methyl sites for hydroxylation is 1. The molecule has 0 heterocycles. The van der Waals surface area contributed by atoms with Crippen molar-refractivity contribution >= 4 is 21.6 Å². The standard InChI is InChI=1S/C15H16BrNO/c16-13-4-1-5-15(11-13)18-10-2-3-12-6-8-14(17)9-7-12/h1,4-9,11H,2-3,10,17H2. The van der Waals surface area contributed by atoms with E-state index in [1.165, 1.54) is 5.56 Å². The normalized spacial score (nSPS) is 10.3. The van der Waals surface area contributed by atoms with Gasteiger partial charge in [0.2, 0.25) is 0 Å². The number of nitrogen functional groups attached to an aromatic ring is 1. The molecule has 0 atom stereocenters. The monoisotopic (exact) mass is 305 g/mol. The second-order valence-electron chi connectivity index (χ2n) is 4.15. The maximum atomic E-state index is 5.68. The van der Waals surface area contributed by atoms with Gasteiger partial charge in [-0.15, -0.1) is 0 Å². The molecule has 0 saturated heterocycles. The third-order valence-electron chi connectivity index (χ3n) is 2.65. The van der Waals surface area contributed by atoms with Gasteiger partial charge in [-0.1, -0.05) is 34.1 Å². The van der Waals surface area contributed by atoms with Crippen LogP contribution >= 0.6 is 15.9 Å². The van der Waals surface area contributed by atoms with Crippen LogP contribution in [0.1, 0.15) is 12.0 Å². The number of halogens is 1. The smallest absolute Gasteiger partial charge is 0.120 e. The van der Waals surface area contributed by atoms with E-state index in [4.69, 9.17) is 10.5 Å². The maximum absolute atomic E-state index is 5.68. The predicted octanol–water partition coefficient (Wildman–Crippen LogP) is 4.04. The number of ether oxygens (including phenoxy) is 1. The van der Waals surface area contributed by atoms with Crippen molar-refractivity contribution in [2.24, 2.45) is 0 Å². The lowest BCUT2D eigenvalue weighted by molar-refractivity contribution is 0.311. The molecule has 0 radical (unpaired) electrons. The van der Waals surface area contributed by atoms with Crippen LogP contribution in [0, 0.1) is 0 Å². The summed E-state index contributed by atoms with van der Waals surface area (Å²) >= 11 is 3.42. The second-order valence-corrected chi connectivity index (χ2v) is 5.07. The van der Waals surface area contributed by atoms with Gasteiger partial charge in [0, 0.05) is 10.2 Å². The number of anilines is 1. The van der Waals surface area contributed by atoms with E-state index in [0.29, 0.717) is 0 Å². The molecule has 2 rings (SSSR count). The molecule has 2 N–H and O–H groups in total. The fourth-order valence-corrected chi connectivity index (χ4v) is 2.09. The Morgan fingerprint density at radius 1 is 1.06 bits per heavy atom. The Hall–Kier alpha value is -1.48. The Kier molecular flexibility index (Phi) is 4.65. The molecule has 2 nitrogen and oxygen atoms in total. The molecule has 94 valence electrons. The van der Waals surface area contributed by atoms with Gasteiger partial charge >= 0.3 is 0 Å². The molecule has 0 bridgehead atoms. The van der Waals surface area contributed by atoms with E-state index in [1.54, 1.807) is 0 Å². The Morgan fingerprint density at radius 3 is 2.56 bits per heavy atom. The van der Waals surface area contributed by atoms with Crippen molar-refractivity contribution in [1.82, 2.24) is 0 Å². The third-order valence-corrected chi connectivity index (χ3v) is 3.15. The van der Waals surface area contributed by atoms with Crippen LogP contribution in [-0.2, 0) is 6.42 Å². The van der Waals surface area contributed by atoms with Crippen molar-refractivity contribution in [3.05, 3.63) is 58.6 Å². The first-order chi connectivity index (χ1) is 8.74. The molecule has 0 amide bonds. The van der Waals surface area contributed by atoms with Gasteiger partial charge in [-0.3, -0.25) is 0 Å². The zero-order chi connectivity index (χ0) is 12.8. The summed E-state index contributed by atoms with van der Waals surface area (Å²) in [5, 5.41) is 0. The summed E-state index contributed by atoms with van der Waals surface area (Å²) in [6.45, 7) is 0.723. The highest BCUT2D eigenvalue weighted by atomic mass is 79.9. The van der Waals surface area contributed by atoms with E-state index < -0.39 is 0 Å². The van der Waals surface area contributed by atoms with Crippen LogP contribution in [0.25, 0.3) is 0 Å². The van der Waals surface area contributed by atoms with E-state index in [2.05, 4.69) is 28.1 Å². The van der Waals surface area contributed by atoms with Crippen LogP contribution in [0.2, 0.25) is 0 Å². The molecule has 0 fully saturated rings. The molecular formula is C15H16BrNO. The lowest BCUT2D eigenvalue weighted by atomic mass is 10.1. The Balaban J connectivity index is 1.74. The van der Waals surface area contributed by atoms with Gasteiger partial charge < -0.3 is 10.5 Å². The van der Waals surface area contributed by atoms with Gasteiger partial charge in [0.15, 0.2) is 0 Å². The molecule has 0 unspecified atom stereocenters. The summed E-state index contributed by atoms with van der Waals surface area (Å²) in [5.74, 6) is 0.904. The fraction of sp³-hybridized carbons (Fsp3) is 0.200. The summed E-state index contributed by atoms with van der Waals surface area (Å²) in [7, 11) is 0. The summed E-state index contributed by atoms with van der Waals surface area (Å²) in [6, 6.07) is 15.9. The Bertz CT molecular complexity index is 496. The lowest BCUT2D eigenvalue weighted by Gasteiger charge is -2.06. The van der Waals surface area contributed by atoms with Crippen molar-refractivity contribution in [2.75, 3.05) is 12.3 Å². The second kappa shape index (κ2) is 6.45. The SMILES string of the molecule is Nc1ccc(CCCOc2cccc(Br)c2)cc1. The first kappa shape index (κ1) is 13.0. The van der Waals surface area contributed by atoms with Gasteiger partial charge in [0.05, 0.1) is 6.61 Å². The van der Waals surface area contributed by atoms with Crippen molar-refractivity contribution in [3.63, 3.8) is 0 Å². The predicted molar refractivity (Wildman–Crippen MR) is 78.8 cm³/mol. The number of hydrogen-bond acceptors (Lipinski definition) is 2. The average molecular weight is 306 g/mol. The van der Waals surface area contributed by atoms with E-state index in [9.17, 15) is 0 Å². The van der Waals surface area contributed by atoms with Crippen LogP contribution in [0.3, 0.4) is 0 Å². The minimum absolute atomic E-state index is 0.723. The van der Waals surface area contributed by atoms with Crippen molar-refractivity contribution in [2.45, 2.75) is 12.8 Å². The topological polar surface area (TPSA) is 35.2 Å². The van der Waals surface area contributed by atoms with E-state index >= 15 is 0 Å². The minimum atomic E-state index is 0.723. The molecule has 18 heavy (non-hydrogen) atoms. The zero-order valence-electron chi connectivity index (χ0n) is 10.1. The number of rotatable bonds is 5. The number of benzene rings is 2. The summed E-state index contributed by atoms with van der Waals surface area (Å²) in [6.07, 6.45) is 2.00. The minimum Gasteiger partial charge on any atom is -0.494 e. The van der Waals surface area contributed by atoms with E-state index in [0.717, 1.165) is 35.4 Å². The first-order valence-electron chi connectivity index (χ1n) is 5.97. The molecule has 2 aromatic rings. The van der Waals surface area contributed by atoms with Crippen molar-refractivity contribution in [1.29, 1.82) is 0 Å².